The van der Waals surface area contributed by atoms with E-state index in [1.54, 1.807) is 0 Å². The molecule has 3 N–H and O–H groups in total. The molecule has 1 heterocycles. The van der Waals surface area contributed by atoms with Gasteiger partial charge in [0.25, 0.3) is 0 Å². The molecule has 1 aliphatic heterocycles. The molecule has 0 saturated carbocycles. The summed E-state index contributed by atoms with van der Waals surface area (Å²) in [5.74, 6) is -0.0839. The fourth-order valence-corrected chi connectivity index (χ4v) is 5.28. The molecule has 6 nitrogen and oxygen atoms in total. The molecule has 1 aliphatic rings. The molecule has 3 aromatic carbocycles. The topological polar surface area (TPSA) is 81.7 Å². The summed E-state index contributed by atoms with van der Waals surface area (Å²) in [5, 5.41) is 16.2. The molecule has 7 heteroatoms. The first-order chi connectivity index (χ1) is 16.5. The molecule has 0 bridgehead atoms. The second kappa shape index (κ2) is 11.1. The molecule has 0 fully saturated rings. The predicted octanol–water partition coefficient (Wildman–Crippen LogP) is 5.05. The number of anilines is 2. The number of fused-ring (bicyclic) bond motifs is 1. The predicted molar refractivity (Wildman–Crippen MR) is 138 cm³/mol. The quantitative estimate of drug-likeness (QED) is 0.337. The average Bonchev–Trinajstić information content (AvgIpc) is 3.19. The van der Waals surface area contributed by atoms with Crippen LogP contribution in [0.4, 0.5) is 11.4 Å². The van der Waals surface area contributed by atoms with Crippen molar-refractivity contribution in [1.29, 1.82) is 0 Å². The van der Waals surface area contributed by atoms with E-state index in [4.69, 9.17) is 0 Å². The maximum atomic E-state index is 13.1. The number of carboxylic acid groups (broad SMARTS) is 1. The zero-order chi connectivity index (χ0) is 23.8. The molecule has 0 unspecified atom stereocenters. The summed E-state index contributed by atoms with van der Waals surface area (Å²) in [5.41, 5.74) is 3.89. The number of benzene rings is 3. The van der Waals surface area contributed by atoms with Gasteiger partial charge in [0.2, 0.25) is 5.91 Å². The van der Waals surface area contributed by atoms with Gasteiger partial charge >= 0.3 is 5.97 Å². The summed E-state index contributed by atoms with van der Waals surface area (Å²) in [4.78, 5) is 25.8. The van der Waals surface area contributed by atoms with Crippen LogP contribution in [0.2, 0.25) is 0 Å². The van der Waals surface area contributed by atoms with Crippen LogP contribution in [0.15, 0.2) is 84.9 Å². The lowest BCUT2D eigenvalue weighted by molar-refractivity contribution is -0.137. The lowest BCUT2D eigenvalue weighted by Crippen LogP contribution is -2.41. The molecule has 0 radical (unpaired) electrons. The number of para-hydroxylation sites is 2. The third-order valence-electron chi connectivity index (χ3n) is 5.69. The van der Waals surface area contributed by atoms with Crippen LogP contribution in [0, 0.1) is 0 Å². The van der Waals surface area contributed by atoms with E-state index < -0.39 is 11.0 Å². The van der Waals surface area contributed by atoms with Gasteiger partial charge in [0.1, 0.15) is 0 Å². The Balaban J connectivity index is 1.38. The van der Waals surface area contributed by atoms with Gasteiger partial charge < -0.3 is 20.6 Å². The first-order valence-electron chi connectivity index (χ1n) is 11.4. The van der Waals surface area contributed by atoms with Gasteiger partial charge in [-0.1, -0.05) is 72.8 Å². The van der Waals surface area contributed by atoms with Crippen molar-refractivity contribution in [2.24, 2.45) is 0 Å². The summed E-state index contributed by atoms with van der Waals surface area (Å²) in [6.07, 6.45) is 1.05. The van der Waals surface area contributed by atoms with Crippen molar-refractivity contribution in [3.8, 4) is 0 Å². The SMILES string of the molecule is O=C(O)CC1(SCCCN(Cc2ccccc2)C(=O)Cc2ccccc2)Nc2ccccc2N1. The van der Waals surface area contributed by atoms with E-state index >= 15 is 0 Å². The highest BCUT2D eigenvalue weighted by atomic mass is 32.2. The van der Waals surface area contributed by atoms with Crippen LogP contribution >= 0.6 is 11.8 Å². The Labute approximate surface area is 204 Å². The molecule has 1 amide bonds. The van der Waals surface area contributed by atoms with E-state index in [0.29, 0.717) is 25.3 Å². The number of carboxylic acids is 1. The standard InChI is InChI=1S/C27H29N3O3S/c31-25(18-21-10-3-1-4-11-21)30(20-22-12-5-2-6-13-22)16-9-17-34-27(19-26(32)33)28-23-14-7-8-15-24(23)29-27/h1-8,10-15,28-29H,9,16-20H2,(H,32,33). The van der Waals surface area contributed by atoms with Gasteiger partial charge in [-0.3, -0.25) is 9.59 Å². The summed E-state index contributed by atoms with van der Waals surface area (Å²) < 4.78 is 0. The van der Waals surface area contributed by atoms with Crippen LogP contribution in [0.3, 0.4) is 0 Å². The number of carbonyl (C=O) groups excluding carboxylic acids is 1. The Morgan fingerprint density at radius 1 is 0.824 bits per heavy atom. The van der Waals surface area contributed by atoms with Crippen LogP contribution in [0.25, 0.3) is 0 Å². The van der Waals surface area contributed by atoms with Crippen molar-refractivity contribution in [3.05, 3.63) is 96.1 Å². The molecule has 0 atom stereocenters. The Hall–Kier alpha value is -3.45. The lowest BCUT2D eigenvalue weighted by atomic mass is 10.1. The second-order valence-corrected chi connectivity index (χ2v) is 9.75. The highest BCUT2D eigenvalue weighted by Crippen LogP contribution is 2.41. The van der Waals surface area contributed by atoms with E-state index in [1.165, 1.54) is 11.8 Å². The normalized spacial score (nSPS) is 13.4. The Morgan fingerprint density at radius 3 is 1.97 bits per heavy atom. The van der Waals surface area contributed by atoms with Gasteiger partial charge in [-0.15, -0.1) is 11.8 Å². The minimum Gasteiger partial charge on any atom is -0.481 e. The van der Waals surface area contributed by atoms with Gasteiger partial charge in [0.05, 0.1) is 24.2 Å². The van der Waals surface area contributed by atoms with Gasteiger partial charge in [0.15, 0.2) is 4.99 Å². The Kier molecular flexibility index (Phi) is 7.75. The van der Waals surface area contributed by atoms with Gasteiger partial charge in [-0.05, 0) is 35.4 Å². The van der Waals surface area contributed by atoms with E-state index in [9.17, 15) is 14.7 Å². The van der Waals surface area contributed by atoms with Crippen molar-refractivity contribution in [1.82, 2.24) is 4.90 Å². The first kappa shape index (κ1) is 23.7. The highest BCUT2D eigenvalue weighted by Gasteiger charge is 2.38. The largest absolute Gasteiger partial charge is 0.481 e. The van der Waals surface area contributed by atoms with Gasteiger partial charge in [-0.25, -0.2) is 0 Å². The van der Waals surface area contributed by atoms with Gasteiger partial charge in [-0.2, -0.15) is 0 Å². The monoisotopic (exact) mass is 475 g/mol. The van der Waals surface area contributed by atoms with E-state index in [-0.39, 0.29) is 12.3 Å². The number of aliphatic carboxylic acids is 1. The molecule has 34 heavy (non-hydrogen) atoms. The van der Waals surface area contributed by atoms with Crippen LogP contribution in [0.5, 0.6) is 0 Å². The maximum absolute atomic E-state index is 13.1. The third-order valence-corrected chi connectivity index (χ3v) is 7.02. The molecule has 3 aromatic rings. The summed E-state index contributed by atoms with van der Waals surface area (Å²) in [6, 6.07) is 27.5. The van der Waals surface area contributed by atoms with Crippen LogP contribution in [-0.4, -0.2) is 39.2 Å². The van der Waals surface area contributed by atoms with Crippen molar-refractivity contribution >= 4 is 35.0 Å². The minimum atomic E-state index is -0.871. The molecular weight excluding hydrogens is 446 g/mol. The van der Waals surface area contributed by atoms with Crippen LogP contribution < -0.4 is 10.6 Å². The minimum absolute atomic E-state index is 0.0625. The molecule has 0 aromatic heterocycles. The number of nitrogens with one attached hydrogen (secondary N) is 2. The van der Waals surface area contributed by atoms with E-state index in [2.05, 4.69) is 10.6 Å². The fraction of sp³-hybridized carbons (Fsp3) is 0.259. The van der Waals surface area contributed by atoms with Crippen molar-refractivity contribution < 1.29 is 14.7 Å². The molecule has 0 aliphatic carbocycles. The molecule has 0 saturated heterocycles. The summed E-state index contributed by atoms with van der Waals surface area (Å²) >= 11 is 1.54. The van der Waals surface area contributed by atoms with Crippen LogP contribution in [-0.2, 0) is 22.6 Å². The molecule has 176 valence electrons. The number of carbonyl (C=O) groups is 2. The maximum Gasteiger partial charge on any atom is 0.308 e. The Morgan fingerprint density at radius 2 is 1.38 bits per heavy atom. The van der Waals surface area contributed by atoms with Crippen molar-refractivity contribution in [2.45, 2.75) is 30.8 Å². The summed E-state index contributed by atoms with van der Waals surface area (Å²) in [6.45, 7) is 1.16. The number of hydrogen-bond acceptors (Lipinski definition) is 5. The summed E-state index contributed by atoms with van der Waals surface area (Å²) in [7, 11) is 0. The van der Waals surface area contributed by atoms with E-state index in [0.717, 1.165) is 28.9 Å². The second-order valence-electron chi connectivity index (χ2n) is 8.36. The fourth-order valence-electron chi connectivity index (χ4n) is 4.07. The number of amides is 1. The zero-order valence-electron chi connectivity index (χ0n) is 18.9. The van der Waals surface area contributed by atoms with Crippen LogP contribution in [0.1, 0.15) is 24.0 Å². The number of rotatable bonds is 11. The lowest BCUT2D eigenvalue weighted by Gasteiger charge is -2.29. The number of hydrogen-bond donors (Lipinski definition) is 3. The highest BCUT2D eigenvalue weighted by molar-refractivity contribution is 8.00. The third kappa shape index (κ3) is 6.32. The first-order valence-corrected chi connectivity index (χ1v) is 12.4. The van der Waals surface area contributed by atoms with Crippen molar-refractivity contribution in [3.63, 3.8) is 0 Å². The number of thioether (sulfide) groups is 1. The smallest absolute Gasteiger partial charge is 0.308 e. The number of nitrogens with zero attached hydrogens (tertiary/aromatic N) is 1. The van der Waals surface area contributed by atoms with E-state index in [1.807, 2.05) is 89.8 Å². The van der Waals surface area contributed by atoms with Gasteiger partial charge in [0, 0.05) is 13.1 Å². The molecule has 4 rings (SSSR count). The van der Waals surface area contributed by atoms with Crippen molar-refractivity contribution in [2.75, 3.05) is 22.9 Å². The molecule has 0 spiro atoms. The zero-order valence-corrected chi connectivity index (χ0v) is 19.8. The average molecular weight is 476 g/mol. The Bertz CT molecular complexity index is 1080. The molecular formula is C27H29N3O3S.